The third-order valence-electron chi connectivity index (χ3n) is 4.07. The van der Waals surface area contributed by atoms with Crippen LogP contribution in [0.25, 0.3) is 0 Å². The largest absolute Gasteiger partial charge is 0.492 e. The maximum absolute atomic E-state index is 12.0. The molecule has 2 aromatic rings. The Morgan fingerprint density at radius 2 is 2.07 bits per heavy atom. The molecule has 1 aromatic carbocycles. The molecule has 1 amide bonds. The molecule has 0 aliphatic heterocycles. The second kappa shape index (κ2) is 12.1. The van der Waals surface area contributed by atoms with Crippen LogP contribution in [-0.2, 0) is 17.8 Å². The molecule has 1 heterocycles. The van der Waals surface area contributed by atoms with E-state index in [-0.39, 0.29) is 5.91 Å². The number of amides is 1. The highest BCUT2D eigenvalue weighted by molar-refractivity contribution is 9.10. The number of benzene rings is 1. The molecule has 2 rings (SSSR count). The van der Waals surface area contributed by atoms with Crippen molar-refractivity contribution in [3.8, 4) is 5.75 Å². The van der Waals surface area contributed by atoms with E-state index in [0.717, 1.165) is 40.6 Å². The van der Waals surface area contributed by atoms with Gasteiger partial charge in [-0.15, -0.1) is 10.2 Å². The van der Waals surface area contributed by atoms with Gasteiger partial charge in [0, 0.05) is 25.9 Å². The van der Waals surface area contributed by atoms with Crippen LogP contribution in [0.15, 0.2) is 33.9 Å². The van der Waals surface area contributed by atoms with Crippen molar-refractivity contribution in [2.45, 2.75) is 51.2 Å². The predicted molar refractivity (Wildman–Crippen MR) is 117 cm³/mol. The number of nitrogens with zero attached hydrogens (tertiary/aromatic N) is 3. The fraction of sp³-hybridized carbons (Fsp3) is 0.550. The van der Waals surface area contributed by atoms with Gasteiger partial charge >= 0.3 is 0 Å². The topological polar surface area (TPSA) is 69.0 Å². The predicted octanol–water partition coefficient (Wildman–Crippen LogP) is 4.33. The molecule has 6 nitrogen and oxygen atoms in total. The van der Waals surface area contributed by atoms with Gasteiger partial charge in [-0.3, -0.25) is 4.79 Å². The Balaban J connectivity index is 1.63. The summed E-state index contributed by atoms with van der Waals surface area (Å²) in [4.78, 5) is 12.0. The zero-order chi connectivity index (χ0) is 20.4. The average molecular weight is 469 g/mol. The molecule has 1 N–H and O–H groups in total. The summed E-state index contributed by atoms with van der Waals surface area (Å²) in [6.45, 7) is 6.46. The molecule has 8 heteroatoms. The number of halogens is 1. The van der Waals surface area contributed by atoms with Gasteiger partial charge in [-0.05, 0) is 53.1 Å². The lowest BCUT2D eigenvalue weighted by molar-refractivity contribution is -0.121. The zero-order valence-electron chi connectivity index (χ0n) is 16.8. The summed E-state index contributed by atoms with van der Waals surface area (Å²) in [6.07, 6.45) is 4.83. The number of aryl methyl sites for hydroxylation is 1. The van der Waals surface area contributed by atoms with Crippen LogP contribution in [-0.4, -0.2) is 40.1 Å². The van der Waals surface area contributed by atoms with Crippen LogP contribution in [0.3, 0.4) is 0 Å². The van der Waals surface area contributed by atoms with E-state index in [9.17, 15) is 4.79 Å². The Hall–Kier alpha value is -1.54. The maximum atomic E-state index is 12.0. The zero-order valence-corrected chi connectivity index (χ0v) is 19.2. The summed E-state index contributed by atoms with van der Waals surface area (Å²) < 4.78 is 8.80. The van der Waals surface area contributed by atoms with E-state index >= 15 is 0 Å². The van der Waals surface area contributed by atoms with Gasteiger partial charge in [-0.2, -0.15) is 0 Å². The Morgan fingerprint density at radius 1 is 1.29 bits per heavy atom. The lowest BCUT2D eigenvalue weighted by Gasteiger charge is -2.12. The summed E-state index contributed by atoms with van der Waals surface area (Å²) >= 11 is 5.06. The Kier molecular flexibility index (Phi) is 9.84. The number of para-hydroxylation sites is 1. The SMILES string of the molecule is CSc1nnc(CCCNC(=O)CCCOc2ccccc2Br)n1CC(C)C. The lowest BCUT2D eigenvalue weighted by atomic mass is 10.2. The van der Waals surface area contributed by atoms with Gasteiger partial charge in [0.15, 0.2) is 5.16 Å². The summed E-state index contributed by atoms with van der Waals surface area (Å²) in [5.41, 5.74) is 0. The molecule has 0 atom stereocenters. The Bertz CT molecular complexity index is 752. The summed E-state index contributed by atoms with van der Waals surface area (Å²) in [5, 5.41) is 12.5. The normalized spacial score (nSPS) is 11.0. The molecule has 0 unspecified atom stereocenters. The van der Waals surface area contributed by atoms with Crippen molar-refractivity contribution in [3.05, 3.63) is 34.6 Å². The van der Waals surface area contributed by atoms with Crippen LogP contribution in [0, 0.1) is 5.92 Å². The third-order valence-corrected chi connectivity index (χ3v) is 5.39. The average Bonchev–Trinajstić information content (AvgIpc) is 3.04. The third kappa shape index (κ3) is 7.47. The van der Waals surface area contributed by atoms with Crippen molar-refractivity contribution in [3.63, 3.8) is 0 Å². The van der Waals surface area contributed by atoms with Crippen molar-refractivity contribution in [2.24, 2.45) is 5.92 Å². The van der Waals surface area contributed by atoms with Crippen molar-refractivity contribution in [1.82, 2.24) is 20.1 Å². The van der Waals surface area contributed by atoms with Crippen molar-refractivity contribution >= 4 is 33.6 Å². The number of rotatable bonds is 12. The molecule has 0 saturated heterocycles. The van der Waals surface area contributed by atoms with Crippen molar-refractivity contribution < 1.29 is 9.53 Å². The molecule has 0 aliphatic rings. The molecule has 0 spiro atoms. The minimum atomic E-state index is 0.0594. The maximum Gasteiger partial charge on any atom is 0.220 e. The Labute approximate surface area is 180 Å². The molecule has 0 fully saturated rings. The van der Waals surface area contributed by atoms with Gasteiger partial charge in [0.2, 0.25) is 5.91 Å². The smallest absolute Gasteiger partial charge is 0.220 e. The van der Waals surface area contributed by atoms with Crippen LogP contribution >= 0.6 is 27.7 Å². The van der Waals surface area contributed by atoms with E-state index in [0.29, 0.717) is 31.9 Å². The van der Waals surface area contributed by atoms with Gasteiger partial charge < -0.3 is 14.6 Å². The van der Waals surface area contributed by atoms with Crippen LogP contribution in [0.2, 0.25) is 0 Å². The van der Waals surface area contributed by atoms with E-state index in [1.54, 1.807) is 11.8 Å². The molecule has 0 radical (unpaired) electrons. The Morgan fingerprint density at radius 3 is 2.79 bits per heavy atom. The monoisotopic (exact) mass is 468 g/mol. The van der Waals surface area contributed by atoms with Gasteiger partial charge in [0.05, 0.1) is 11.1 Å². The van der Waals surface area contributed by atoms with Crippen molar-refractivity contribution in [1.29, 1.82) is 0 Å². The first-order valence-electron chi connectivity index (χ1n) is 9.61. The van der Waals surface area contributed by atoms with Crippen molar-refractivity contribution in [2.75, 3.05) is 19.4 Å². The van der Waals surface area contributed by atoms with E-state index < -0.39 is 0 Å². The van der Waals surface area contributed by atoms with Crippen LogP contribution in [0.1, 0.15) is 38.9 Å². The first-order chi connectivity index (χ1) is 13.5. The number of aromatic nitrogens is 3. The second-order valence-corrected chi connectivity index (χ2v) is 8.57. The molecular formula is C20H29BrN4O2S. The standard InChI is InChI=1S/C20H29BrN4O2S/c1-15(2)14-25-18(23-24-20(25)28-3)10-6-12-22-19(26)11-7-13-27-17-9-5-4-8-16(17)21/h4-5,8-9,15H,6-7,10-14H2,1-3H3,(H,22,26). The highest BCUT2D eigenvalue weighted by atomic mass is 79.9. The molecule has 0 saturated carbocycles. The minimum Gasteiger partial charge on any atom is -0.492 e. The molecule has 0 bridgehead atoms. The summed E-state index contributed by atoms with van der Waals surface area (Å²) in [6, 6.07) is 7.71. The number of nitrogens with one attached hydrogen (secondary N) is 1. The fourth-order valence-electron chi connectivity index (χ4n) is 2.74. The fourth-order valence-corrected chi connectivity index (χ4v) is 3.66. The van der Waals surface area contributed by atoms with Gasteiger partial charge in [-0.25, -0.2) is 0 Å². The highest BCUT2D eigenvalue weighted by Gasteiger charge is 2.12. The van der Waals surface area contributed by atoms with Gasteiger partial charge in [-0.1, -0.05) is 37.7 Å². The highest BCUT2D eigenvalue weighted by Crippen LogP contribution is 2.23. The molecule has 1 aromatic heterocycles. The van der Waals surface area contributed by atoms with E-state index in [4.69, 9.17) is 4.74 Å². The minimum absolute atomic E-state index is 0.0594. The van der Waals surface area contributed by atoms with Gasteiger partial charge in [0.1, 0.15) is 11.6 Å². The number of hydrogen-bond donors (Lipinski definition) is 1. The quantitative estimate of drug-likeness (QED) is 0.370. The summed E-state index contributed by atoms with van der Waals surface area (Å²) in [7, 11) is 0. The number of thioether (sulfide) groups is 1. The van der Waals surface area contributed by atoms with Crippen LogP contribution < -0.4 is 10.1 Å². The molecule has 0 aliphatic carbocycles. The number of hydrogen-bond acceptors (Lipinski definition) is 5. The summed E-state index contributed by atoms with van der Waals surface area (Å²) in [5.74, 6) is 2.40. The molecule has 154 valence electrons. The van der Waals surface area contributed by atoms with Gasteiger partial charge in [0.25, 0.3) is 0 Å². The van der Waals surface area contributed by atoms with Crippen LogP contribution in [0.5, 0.6) is 5.75 Å². The van der Waals surface area contributed by atoms with E-state index in [2.05, 4.69) is 49.9 Å². The number of carbonyl (C=O) groups excluding carboxylic acids is 1. The molecule has 28 heavy (non-hydrogen) atoms. The number of ether oxygens (including phenoxy) is 1. The van der Waals surface area contributed by atoms with E-state index in [1.165, 1.54) is 0 Å². The lowest BCUT2D eigenvalue weighted by Crippen LogP contribution is -2.25. The van der Waals surface area contributed by atoms with Crippen LogP contribution in [0.4, 0.5) is 0 Å². The second-order valence-electron chi connectivity index (χ2n) is 6.94. The molecular weight excluding hydrogens is 440 g/mol. The number of carbonyl (C=O) groups is 1. The van der Waals surface area contributed by atoms with E-state index in [1.807, 2.05) is 30.5 Å². The first kappa shape index (κ1) is 22.7. The first-order valence-corrected chi connectivity index (χ1v) is 11.6.